The standard InChI is InChI=1S/C23H24ClN3O2S/c1-2-30-19-11-5-16(6-12-19)15-20-26-27-22(29-20)25-21(28)23(13-3-4-14-23)17-7-9-18(24)10-8-17/h5-12H,2-4,13-15H2,1H3,(H,25,27,28). The van der Waals surface area contributed by atoms with E-state index in [0.717, 1.165) is 42.6 Å². The van der Waals surface area contributed by atoms with Crippen LogP contribution in [0.15, 0.2) is 57.8 Å². The molecule has 1 saturated carbocycles. The van der Waals surface area contributed by atoms with Gasteiger partial charge in [-0.2, -0.15) is 0 Å². The van der Waals surface area contributed by atoms with Gasteiger partial charge < -0.3 is 4.42 Å². The fourth-order valence-corrected chi connectivity index (χ4v) is 4.82. The van der Waals surface area contributed by atoms with E-state index in [4.69, 9.17) is 16.0 Å². The van der Waals surface area contributed by atoms with Crippen LogP contribution in [0.5, 0.6) is 0 Å². The van der Waals surface area contributed by atoms with Crippen molar-refractivity contribution < 1.29 is 9.21 Å². The fraction of sp³-hybridized carbons (Fsp3) is 0.348. The van der Waals surface area contributed by atoms with Gasteiger partial charge in [-0.05, 0) is 54.0 Å². The first-order valence-electron chi connectivity index (χ1n) is 10.2. The van der Waals surface area contributed by atoms with Gasteiger partial charge in [0.2, 0.25) is 11.8 Å². The molecule has 2 aromatic carbocycles. The van der Waals surface area contributed by atoms with Crippen LogP contribution in [0, 0.1) is 0 Å². The topological polar surface area (TPSA) is 68.0 Å². The Morgan fingerprint density at radius 3 is 2.47 bits per heavy atom. The third-order valence-corrected chi connectivity index (χ3v) is 6.71. The van der Waals surface area contributed by atoms with Crippen molar-refractivity contribution in [1.82, 2.24) is 10.2 Å². The molecule has 1 heterocycles. The van der Waals surface area contributed by atoms with Crippen molar-refractivity contribution in [2.24, 2.45) is 0 Å². The Hall–Kier alpha value is -2.31. The quantitative estimate of drug-likeness (QED) is 0.464. The van der Waals surface area contributed by atoms with Gasteiger partial charge in [0, 0.05) is 9.92 Å². The van der Waals surface area contributed by atoms with Crippen LogP contribution in [0.25, 0.3) is 0 Å². The summed E-state index contributed by atoms with van der Waals surface area (Å²) in [5.41, 5.74) is 1.49. The molecule has 0 bridgehead atoms. The maximum Gasteiger partial charge on any atom is 0.322 e. The van der Waals surface area contributed by atoms with Gasteiger partial charge in [-0.3, -0.25) is 10.1 Å². The van der Waals surface area contributed by atoms with Gasteiger partial charge in [0.25, 0.3) is 0 Å². The molecular formula is C23H24ClN3O2S. The molecule has 4 rings (SSSR count). The lowest BCUT2D eigenvalue weighted by atomic mass is 9.78. The van der Waals surface area contributed by atoms with E-state index in [2.05, 4.69) is 46.7 Å². The third-order valence-electron chi connectivity index (χ3n) is 5.57. The number of rotatable bonds is 7. The van der Waals surface area contributed by atoms with Crippen LogP contribution in [0.4, 0.5) is 6.01 Å². The SMILES string of the molecule is CCSc1ccc(Cc2nnc(NC(=O)C3(c4ccc(Cl)cc4)CCCC3)o2)cc1. The van der Waals surface area contributed by atoms with Crippen LogP contribution < -0.4 is 5.32 Å². The molecule has 3 aromatic rings. The molecule has 0 unspecified atom stereocenters. The van der Waals surface area contributed by atoms with E-state index >= 15 is 0 Å². The number of benzene rings is 2. The normalized spacial score (nSPS) is 15.3. The fourth-order valence-electron chi connectivity index (χ4n) is 4.03. The van der Waals surface area contributed by atoms with Crippen LogP contribution in [0.3, 0.4) is 0 Å². The minimum absolute atomic E-state index is 0.0986. The Morgan fingerprint density at radius 1 is 1.10 bits per heavy atom. The number of hydrogen-bond acceptors (Lipinski definition) is 5. The molecule has 156 valence electrons. The summed E-state index contributed by atoms with van der Waals surface area (Å²) < 4.78 is 5.72. The van der Waals surface area contributed by atoms with Crippen molar-refractivity contribution in [2.75, 3.05) is 11.1 Å². The molecule has 1 aliphatic carbocycles. The van der Waals surface area contributed by atoms with Gasteiger partial charge in [0.05, 0.1) is 11.8 Å². The van der Waals surface area contributed by atoms with Crippen molar-refractivity contribution in [3.63, 3.8) is 0 Å². The molecule has 30 heavy (non-hydrogen) atoms. The third kappa shape index (κ3) is 4.55. The molecule has 0 saturated heterocycles. The summed E-state index contributed by atoms with van der Waals surface area (Å²) in [6, 6.07) is 16.0. The zero-order valence-corrected chi connectivity index (χ0v) is 18.4. The molecule has 1 fully saturated rings. The van der Waals surface area contributed by atoms with Gasteiger partial charge >= 0.3 is 6.01 Å². The number of anilines is 1. The van der Waals surface area contributed by atoms with Gasteiger partial charge in [0.15, 0.2) is 0 Å². The van der Waals surface area contributed by atoms with Crippen LogP contribution in [0.2, 0.25) is 5.02 Å². The first kappa shape index (κ1) is 20.9. The Labute approximate surface area is 185 Å². The van der Waals surface area contributed by atoms with Crippen molar-refractivity contribution in [3.8, 4) is 0 Å². The molecule has 1 aliphatic rings. The molecule has 0 radical (unpaired) electrons. The maximum atomic E-state index is 13.2. The van der Waals surface area contributed by atoms with Crippen LogP contribution in [-0.4, -0.2) is 21.9 Å². The number of thioether (sulfide) groups is 1. The molecular weight excluding hydrogens is 418 g/mol. The van der Waals surface area contributed by atoms with Crippen LogP contribution in [0.1, 0.15) is 49.6 Å². The second-order valence-corrected chi connectivity index (χ2v) is 9.28. The Balaban J connectivity index is 1.45. The number of nitrogens with one attached hydrogen (secondary N) is 1. The summed E-state index contributed by atoms with van der Waals surface area (Å²) in [5.74, 6) is 1.43. The number of amides is 1. The number of halogens is 1. The second kappa shape index (κ2) is 9.23. The Morgan fingerprint density at radius 2 is 1.80 bits per heavy atom. The molecule has 1 amide bonds. The van der Waals surface area contributed by atoms with E-state index in [0.29, 0.717) is 17.3 Å². The van der Waals surface area contributed by atoms with Crippen molar-refractivity contribution in [3.05, 3.63) is 70.6 Å². The Bertz CT molecular complexity index is 996. The zero-order valence-electron chi connectivity index (χ0n) is 16.9. The highest BCUT2D eigenvalue weighted by molar-refractivity contribution is 7.99. The van der Waals surface area contributed by atoms with Gasteiger partial charge in [-0.25, -0.2) is 0 Å². The van der Waals surface area contributed by atoms with E-state index in [1.54, 1.807) is 11.8 Å². The van der Waals surface area contributed by atoms with Crippen molar-refractivity contribution >= 4 is 35.3 Å². The van der Waals surface area contributed by atoms with Crippen molar-refractivity contribution in [2.45, 2.75) is 49.3 Å². The van der Waals surface area contributed by atoms with E-state index in [9.17, 15) is 4.79 Å². The molecule has 5 nitrogen and oxygen atoms in total. The maximum absolute atomic E-state index is 13.2. The van der Waals surface area contributed by atoms with E-state index in [-0.39, 0.29) is 11.9 Å². The summed E-state index contributed by atoms with van der Waals surface area (Å²) in [6.07, 6.45) is 4.14. The molecule has 0 spiro atoms. The zero-order chi connectivity index (χ0) is 21.0. The first-order valence-corrected chi connectivity index (χ1v) is 11.6. The highest BCUT2D eigenvalue weighted by Gasteiger charge is 2.43. The predicted octanol–water partition coefficient (Wildman–Crippen LogP) is 5.88. The summed E-state index contributed by atoms with van der Waals surface area (Å²) in [6.45, 7) is 2.13. The second-order valence-electron chi connectivity index (χ2n) is 7.50. The largest absolute Gasteiger partial charge is 0.407 e. The molecule has 7 heteroatoms. The highest BCUT2D eigenvalue weighted by Crippen LogP contribution is 2.42. The van der Waals surface area contributed by atoms with E-state index in [1.165, 1.54) is 4.90 Å². The summed E-state index contributed by atoms with van der Waals surface area (Å²) in [5, 5.41) is 11.7. The lowest BCUT2D eigenvalue weighted by Gasteiger charge is -2.27. The van der Waals surface area contributed by atoms with Crippen LogP contribution >= 0.6 is 23.4 Å². The molecule has 1 N–H and O–H groups in total. The minimum Gasteiger partial charge on any atom is -0.407 e. The summed E-state index contributed by atoms with van der Waals surface area (Å²) in [7, 11) is 0. The minimum atomic E-state index is -0.577. The Kier molecular flexibility index (Phi) is 6.44. The number of nitrogens with zero attached hydrogens (tertiary/aromatic N) is 2. The lowest BCUT2D eigenvalue weighted by Crippen LogP contribution is -2.38. The monoisotopic (exact) mass is 441 g/mol. The average molecular weight is 442 g/mol. The average Bonchev–Trinajstić information content (AvgIpc) is 3.41. The number of aromatic nitrogens is 2. The van der Waals surface area contributed by atoms with Crippen LogP contribution in [-0.2, 0) is 16.6 Å². The van der Waals surface area contributed by atoms with Crippen molar-refractivity contribution in [1.29, 1.82) is 0 Å². The summed E-state index contributed by atoms with van der Waals surface area (Å²) >= 11 is 7.84. The predicted molar refractivity (Wildman–Crippen MR) is 120 cm³/mol. The van der Waals surface area contributed by atoms with Gasteiger partial charge in [-0.15, -0.1) is 16.9 Å². The molecule has 1 aromatic heterocycles. The molecule has 0 aliphatic heterocycles. The number of carbonyl (C=O) groups is 1. The number of carbonyl (C=O) groups excluding carboxylic acids is 1. The smallest absolute Gasteiger partial charge is 0.322 e. The summed E-state index contributed by atoms with van der Waals surface area (Å²) in [4.78, 5) is 14.5. The number of hydrogen-bond donors (Lipinski definition) is 1. The van der Waals surface area contributed by atoms with Gasteiger partial charge in [-0.1, -0.05) is 60.7 Å². The van der Waals surface area contributed by atoms with E-state index < -0.39 is 5.41 Å². The highest BCUT2D eigenvalue weighted by atomic mass is 35.5. The van der Waals surface area contributed by atoms with E-state index in [1.807, 2.05) is 24.3 Å². The lowest BCUT2D eigenvalue weighted by molar-refractivity contribution is -0.121. The first-order chi connectivity index (χ1) is 14.6. The van der Waals surface area contributed by atoms with Gasteiger partial charge in [0.1, 0.15) is 0 Å². The molecule has 0 atom stereocenters.